The van der Waals surface area contributed by atoms with E-state index >= 15 is 0 Å². The van der Waals surface area contributed by atoms with Crippen molar-refractivity contribution in [2.24, 2.45) is 11.8 Å². The molecule has 2 fully saturated rings. The number of carbonyl (C=O) groups is 2. The van der Waals surface area contributed by atoms with Gasteiger partial charge in [-0.05, 0) is 50.5 Å². The standard InChI is InChI=1S/C22H32NO2/c1-18-9-8-16-23(18,17-24)22(25)21-15-7-14-20(21)13-6-5-12-19-10-3-2-4-11-19/h2-4,10-11,17-18,20-21H,5-9,12-16H2,1H3/q+1/t18-,20-,21-,23?/m1/s1. The number of carbonyl (C=O) groups excluding carboxylic acids is 2. The lowest BCUT2D eigenvalue weighted by Gasteiger charge is -2.32. The number of amides is 2. The Morgan fingerprint density at radius 2 is 1.92 bits per heavy atom. The number of unbranched alkanes of at least 4 members (excludes halogenated alkanes) is 1. The number of nitrogens with zero attached hydrogens (tertiary/aromatic N) is 1. The molecule has 3 nitrogen and oxygen atoms in total. The number of hydrogen-bond acceptors (Lipinski definition) is 2. The Morgan fingerprint density at radius 1 is 1.12 bits per heavy atom. The first-order valence-corrected chi connectivity index (χ1v) is 10.1. The molecule has 0 bridgehead atoms. The van der Waals surface area contributed by atoms with Gasteiger partial charge in [0.1, 0.15) is 6.04 Å². The molecule has 1 aromatic carbocycles. The van der Waals surface area contributed by atoms with Crippen LogP contribution in [0.1, 0.15) is 63.9 Å². The van der Waals surface area contributed by atoms with E-state index in [1.54, 1.807) is 0 Å². The molecule has 0 aromatic heterocycles. The van der Waals surface area contributed by atoms with Gasteiger partial charge in [0.15, 0.2) is 0 Å². The Kier molecular flexibility index (Phi) is 6.06. The highest BCUT2D eigenvalue weighted by atomic mass is 16.2. The van der Waals surface area contributed by atoms with Crippen molar-refractivity contribution in [2.75, 3.05) is 6.54 Å². The molecule has 4 atom stereocenters. The number of hydrogen-bond donors (Lipinski definition) is 0. The molecule has 1 saturated carbocycles. The highest BCUT2D eigenvalue weighted by molar-refractivity contribution is 5.79. The van der Waals surface area contributed by atoms with Crippen LogP contribution in [0.5, 0.6) is 0 Å². The number of likely N-dealkylation sites (tertiary alicyclic amines) is 1. The molecule has 0 radical (unpaired) electrons. The molecule has 1 heterocycles. The Bertz CT molecular complexity index is 585. The third kappa shape index (κ3) is 3.87. The van der Waals surface area contributed by atoms with E-state index < -0.39 is 0 Å². The van der Waals surface area contributed by atoms with Crippen molar-refractivity contribution in [3.8, 4) is 0 Å². The van der Waals surface area contributed by atoms with Crippen LogP contribution in [-0.4, -0.2) is 29.4 Å². The summed E-state index contributed by atoms with van der Waals surface area (Å²) in [5.41, 5.74) is 1.40. The molecule has 2 amide bonds. The van der Waals surface area contributed by atoms with Crippen LogP contribution >= 0.6 is 0 Å². The molecule has 0 N–H and O–H groups in total. The number of quaternary nitrogens is 1. The van der Waals surface area contributed by atoms with Gasteiger partial charge in [0, 0.05) is 12.8 Å². The molecule has 1 saturated heterocycles. The summed E-state index contributed by atoms with van der Waals surface area (Å²) in [6, 6.07) is 10.8. The van der Waals surface area contributed by atoms with Crippen LogP contribution in [0, 0.1) is 11.8 Å². The minimum absolute atomic E-state index is 0.102. The summed E-state index contributed by atoms with van der Waals surface area (Å²) in [5.74, 6) is 0.832. The highest BCUT2D eigenvalue weighted by Gasteiger charge is 2.51. The maximum Gasteiger partial charge on any atom is 0.324 e. The lowest BCUT2D eigenvalue weighted by molar-refractivity contribution is -0.782. The van der Waals surface area contributed by atoms with Crippen molar-refractivity contribution >= 4 is 12.3 Å². The minimum atomic E-state index is 0.102. The maximum atomic E-state index is 13.2. The van der Waals surface area contributed by atoms with Gasteiger partial charge < -0.3 is 0 Å². The van der Waals surface area contributed by atoms with Crippen LogP contribution in [0.3, 0.4) is 0 Å². The Labute approximate surface area is 152 Å². The molecule has 25 heavy (non-hydrogen) atoms. The first-order valence-electron chi connectivity index (χ1n) is 10.1. The van der Waals surface area contributed by atoms with Gasteiger partial charge in [0.2, 0.25) is 0 Å². The van der Waals surface area contributed by atoms with Gasteiger partial charge in [-0.1, -0.05) is 43.2 Å². The largest absolute Gasteiger partial charge is 0.324 e. The monoisotopic (exact) mass is 342 g/mol. The smallest absolute Gasteiger partial charge is 0.233 e. The zero-order chi connectivity index (χ0) is 17.7. The number of aryl methyl sites for hydroxylation is 1. The fourth-order valence-corrected chi connectivity index (χ4v) is 5.03. The van der Waals surface area contributed by atoms with Gasteiger partial charge in [-0.3, -0.25) is 0 Å². The molecular weight excluding hydrogens is 310 g/mol. The topological polar surface area (TPSA) is 34.1 Å². The van der Waals surface area contributed by atoms with Crippen LogP contribution < -0.4 is 0 Å². The summed E-state index contributed by atoms with van der Waals surface area (Å²) >= 11 is 0. The molecule has 1 aliphatic heterocycles. The van der Waals surface area contributed by atoms with E-state index in [2.05, 4.69) is 37.3 Å². The normalized spacial score (nSPS) is 32.0. The summed E-state index contributed by atoms with van der Waals surface area (Å²) in [6.07, 6.45) is 10.9. The molecule has 3 heteroatoms. The van der Waals surface area contributed by atoms with E-state index in [9.17, 15) is 9.59 Å². The summed E-state index contributed by atoms with van der Waals surface area (Å²) in [4.78, 5) is 25.0. The van der Waals surface area contributed by atoms with Crippen LogP contribution in [0.4, 0.5) is 0 Å². The summed E-state index contributed by atoms with van der Waals surface area (Å²) in [5, 5.41) is 0. The summed E-state index contributed by atoms with van der Waals surface area (Å²) in [6.45, 7) is 2.80. The molecule has 3 rings (SSSR count). The Morgan fingerprint density at radius 3 is 2.60 bits per heavy atom. The summed E-state index contributed by atoms with van der Waals surface area (Å²) in [7, 11) is 0. The van der Waals surface area contributed by atoms with Gasteiger partial charge >= 0.3 is 12.3 Å². The van der Waals surface area contributed by atoms with Crippen LogP contribution in [0.2, 0.25) is 0 Å². The summed E-state index contributed by atoms with van der Waals surface area (Å²) < 4.78 is 0.102. The Balaban J connectivity index is 1.53. The zero-order valence-corrected chi connectivity index (χ0v) is 15.5. The van der Waals surface area contributed by atoms with Crippen molar-refractivity contribution in [2.45, 2.75) is 70.8 Å². The highest BCUT2D eigenvalue weighted by Crippen LogP contribution is 2.40. The van der Waals surface area contributed by atoms with E-state index in [1.807, 2.05) is 0 Å². The van der Waals surface area contributed by atoms with Crippen molar-refractivity contribution in [1.82, 2.24) is 0 Å². The average molecular weight is 343 g/mol. The first-order chi connectivity index (χ1) is 12.2. The predicted molar refractivity (Wildman–Crippen MR) is 99.7 cm³/mol. The van der Waals surface area contributed by atoms with Gasteiger partial charge in [-0.25, -0.2) is 9.59 Å². The molecule has 1 aromatic rings. The van der Waals surface area contributed by atoms with Gasteiger partial charge in [0.05, 0.1) is 12.5 Å². The SMILES string of the molecule is C[C@@H]1CCC[N+]1(C=O)C(=O)[C@@H]1CCC[C@H]1CCCCc1ccccc1. The van der Waals surface area contributed by atoms with Crippen molar-refractivity contribution in [3.63, 3.8) is 0 Å². The lowest BCUT2D eigenvalue weighted by atomic mass is 9.88. The van der Waals surface area contributed by atoms with E-state index in [4.69, 9.17) is 0 Å². The third-order valence-electron chi connectivity index (χ3n) is 6.64. The number of benzene rings is 1. The quantitative estimate of drug-likeness (QED) is 0.415. The van der Waals surface area contributed by atoms with Gasteiger partial charge in [-0.15, -0.1) is 0 Å². The second-order valence-corrected chi connectivity index (χ2v) is 8.12. The maximum absolute atomic E-state index is 13.2. The van der Waals surface area contributed by atoms with Crippen molar-refractivity contribution < 1.29 is 14.1 Å². The molecular formula is C22H32NO2+. The van der Waals surface area contributed by atoms with Gasteiger partial charge in [0.25, 0.3) is 0 Å². The minimum Gasteiger partial charge on any atom is -0.233 e. The van der Waals surface area contributed by atoms with E-state index in [0.717, 1.165) is 57.9 Å². The zero-order valence-electron chi connectivity index (χ0n) is 15.5. The van der Waals surface area contributed by atoms with Crippen LogP contribution in [0.25, 0.3) is 0 Å². The number of rotatable bonds is 7. The van der Waals surface area contributed by atoms with Crippen LogP contribution in [-0.2, 0) is 16.0 Å². The average Bonchev–Trinajstić information content (AvgIpc) is 3.26. The first kappa shape index (κ1) is 18.3. The van der Waals surface area contributed by atoms with E-state index in [-0.39, 0.29) is 22.3 Å². The number of imide groups is 1. The second kappa shape index (κ2) is 8.27. The van der Waals surface area contributed by atoms with Crippen LogP contribution in [0.15, 0.2) is 30.3 Å². The van der Waals surface area contributed by atoms with Crippen molar-refractivity contribution in [1.29, 1.82) is 0 Å². The lowest BCUT2D eigenvalue weighted by Crippen LogP contribution is -2.56. The molecule has 0 spiro atoms. The molecule has 2 aliphatic rings. The third-order valence-corrected chi connectivity index (χ3v) is 6.64. The fraction of sp³-hybridized carbons (Fsp3) is 0.636. The van der Waals surface area contributed by atoms with Gasteiger partial charge in [-0.2, -0.15) is 4.48 Å². The molecule has 1 unspecified atom stereocenters. The Hall–Kier alpha value is -1.48. The molecule has 1 aliphatic carbocycles. The predicted octanol–water partition coefficient (Wildman–Crippen LogP) is 4.50. The second-order valence-electron chi connectivity index (χ2n) is 8.12. The fourth-order valence-electron chi connectivity index (χ4n) is 5.03. The molecule has 136 valence electrons. The van der Waals surface area contributed by atoms with Crippen molar-refractivity contribution in [3.05, 3.63) is 35.9 Å². The van der Waals surface area contributed by atoms with E-state index in [0.29, 0.717) is 5.92 Å². The van der Waals surface area contributed by atoms with E-state index in [1.165, 1.54) is 18.4 Å².